The van der Waals surface area contributed by atoms with Crippen molar-refractivity contribution in [3.63, 3.8) is 0 Å². The topological polar surface area (TPSA) is 0 Å². The minimum Gasteiger partial charge on any atom is -0.204 e. The molecule has 1 fully saturated rings. The van der Waals surface area contributed by atoms with Crippen molar-refractivity contribution in [2.75, 3.05) is 0 Å². The highest BCUT2D eigenvalue weighted by molar-refractivity contribution is 6.21. The molecule has 2 aromatic carbocycles. The molecular formula is C17H15ClF2. The van der Waals surface area contributed by atoms with Crippen LogP contribution in [-0.2, 0) is 6.42 Å². The summed E-state index contributed by atoms with van der Waals surface area (Å²) in [6, 6.07) is 14.5. The number of benzene rings is 2. The second-order valence-electron chi connectivity index (χ2n) is 5.35. The van der Waals surface area contributed by atoms with E-state index in [9.17, 15) is 8.78 Å². The van der Waals surface area contributed by atoms with E-state index in [0.29, 0.717) is 23.8 Å². The quantitative estimate of drug-likeness (QED) is 0.702. The Labute approximate surface area is 122 Å². The van der Waals surface area contributed by atoms with Crippen LogP contribution < -0.4 is 0 Å². The summed E-state index contributed by atoms with van der Waals surface area (Å²) in [7, 11) is 0. The van der Waals surface area contributed by atoms with Crippen molar-refractivity contribution in [3.05, 3.63) is 71.3 Å². The summed E-state index contributed by atoms with van der Waals surface area (Å²) in [4.78, 5) is 0. The molecule has 20 heavy (non-hydrogen) atoms. The highest BCUT2D eigenvalue weighted by atomic mass is 35.5. The molecule has 1 aliphatic rings. The minimum atomic E-state index is -0.804. The summed E-state index contributed by atoms with van der Waals surface area (Å²) < 4.78 is 26.8. The molecule has 0 bridgehead atoms. The Bertz CT molecular complexity index is 597. The van der Waals surface area contributed by atoms with Crippen molar-refractivity contribution in [1.82, 2.24) is 0 Å². The van der Waals surface area contributed by atoms with Gasteiger partial charge in [-0.2, -0.15) is 0 Å². The molecular weight excluding hydrogens is 278 g/mol. The number of rotatable bonds is 4. The second-order valence-corrected chi connectivity index (χ2v) is 5.91. The maximum Gasteiger partial charge on any atom is 0.162 e. The standard InChI is InChI=1S/C17H15ClF2/c18-15(9-12-7-4-8-16(19)17(12)20)14-10-13(14)11-5-2-1-3-6-11/h1-8,13-15H,9-10H2. The van der Waals surface area contributed by atoms with Crippen molar-refractivity contribution in [2.45, 2.75) is 24.1 Å². The smallest absolute Gasteiger partial charge is 0.162 e. The Balaban J connectivity index is 1.67. The van der Waals surface area contributed by atoms with E-state index in [-0.39, 0.29) is 5.38 Å². The van der Waals surface area contributed by atoms with Gasteiger partial charge in [0.2, 0.25) is 0 Å². The molecule has 0 nitrogen and oxygen atoms in total. The lowest BCUT2D eigenvalue weighted by Gasteiger charge is -2.10. The number of alkyl halides is 1. The van der Waals surface area contributed by atoms with Gasteiger partial charge in [-0.1, -0.05) is 42.5 Å². The summed E-state index contributed by atoms with van der Waals surface area (Å²) in [6.07, 6.45) is 1.40. The van der Waals surface area contributed by atoms with Crippen molar-refractivity contribution >= 4 is 11.6 Å². The van der Waals surface area contributed by atoms with Gasteiger partial charge in [0.1, 0.15) is 0 Å². The molecule has 3 atom stereocenters. The van der Waals surface area contributed by atoms with Crippen molar-refractivity contribution in [1.29, 1.82) is 0 Å². The fourth-order valence-electron chi connectivity index (χ4n) is 2.77. The summed E-state index contributed by atoms with van der Waals surface area (Å²) >= 11 is 6.39. The molecule has 1 saturated carbocycles. The third-order valence-electron chi connectivity index (χ3n) is 3.98. The average molecular weight is 293 g/mol. The van der Waals surface area contributed by atoms with Gasteiger partial charge >= 0.3 is 0 Å². The van der Waals surface area contributed by atoms with E-state index >= 15 is 0 Å². The molecule has 0 aromatic heterocycles. The predicted octanol–water partition coefficient (Wildman–Crippen LogP) is 4.92. The van der Waals surface area contributed by atoms with Crippen LogP contribution in [0.4, 0.5) is 8.78 Å². The maximum atomic E-state index is 13.6. The zero-order valence-electron chi connectivity index (χ0n) is 10.9. The lowest BCUT2D eigenvalue weighted by atomic mass is 10.0. The summed E-state index contributed by atoms with van der Waals surface area (Å²) in [6.45, 7) is 0. The van der Waals surface area contributed by atoms with Gasteiger partial charge < -0.3 is 0 Å². The zero-order chi connectivity index (χ0) is 14.1. The van der Waals surface area contributed by atoms with E-state index in [1.165, 1.54) is 11.6 Å². The number of hydrogen-bond donors (Lipinski definition) is 0. The molecule has 1 aliphatic carbocycles. The molecule has 0 heterocycles. The molecule has 3 rings (SSSR count). The van der Waals surface area contributed by atoms with Crippen LogP contribution in [0.15, 0.2) is 48.5 Å². The molecule has 0 amide bonds. The molecule has 0 saturated heterocycles. The van der Waals surface area contributed by atoms with Gasteiger partial charge in [-0.25, -0.2) is 8.78 Å². The highest BCUT2D eigenvalue weighted by Gasteiger charge is 2.43. The molecule has 0 N–H and O–H groups in total. The highest BCUT2D eigenvalue weighted by Crippen LogP contribution is 2.51. The van der Waals surface area contributed by atoms with Gasteiger partial charge in [-0.05, 0) is 41.9 Å². The molecule has 3 unspecified atom stereocenters. The Morgan fingerprint density at radius 1 is 1.05 bits per heavy atom. The average Bonchev–Trinajstić information content (AvgIpc) is 3.25. The number of halogens is 3. The zero-order valence-corrected chi connectivity index (χ0v) is 11.7. The van der Waals surface area contributed by atoms with Gasteiger partial charge in [-0.3, -0.25) is 0 Å². The van der Waals surface area contributed by atoms with E-state index in [2.05, 4.69) is 12.1 Å². The van der Waals surface area contributed by atoms with Crippen LogP contribution in [0.1, 0.15) is 23.5 Å². The third kappa shape index (κ3) is 2.71. The molecule has 0 spiro atoms. The lowest BCUT2D eigenvalue weighted by Crippen LogP contribution is -2.09. The van der Waals surface area contributed by atoms with Gasteiger partial charge in [0.15, 0.2) is 11.6 Å². The van der Waals surface area contributed by atoms with Crippen LogP contribution in [0, 0.1) is 17.6 Å². The second kappa shape index (κ2) is 5.53. The van der Waals surface area contributed by atoms with E-state index < -0.39 is 11.6 Å². The van der Waals surface area contributed by atoms with Crippen LogP contribution in [0.5, 0.6) is 0 Å². The summed E-state index contributed by atoms with van der Waals surface area (Å²) in [5, 5.41) is -0.156. The van der Waals surface area contributed by atoms with Crippen LogP contribution in [0.25, 0.3) is 0 Å². The lowest BCUT2D eigenvalue weighted by molar-refractivity contribution is 0.496. The molecule has 0 radical (unpaired) electrons. The molecule has 2 aromatic rings. The van der Waals surface area contributed by atoms with Crippen LogP contribution >= 0.6 is 11.6 Å². The van der Waals surface area contributed by atoms with Crippen LogP contribution in [0.3, 0.4) is 0 Å². The summed E-state index contributed by atoms with van der Waals surface area (Å²) in [5.74, 6) is -0.770. The monoisotopic (exact) mass is 292 g/mol. The first-order chi connectivity index (χ1) is 9.66. The van der Waals surface area contributed by atoms with E-state index in [1.54, 1.807) is 6.07 Å². The SMILES string of the molecule is Fc1cccc(CC(Cl)C2CC2c2ccccc2)c1F. The minimum absolute atomic E-state index is 0.156. The Morgan fingerprint density at radius 2 is 1.80 bits per heavy atom. The first-order valence-electron chi connectivity index (χ1n) is 6.78. The first-order valence-corrected chi connectivity index (χ1v) is 7.22. The summed E-state index contributed by atoms with van der Waals surface area (Å²) in [5.41, 5.74) is 1.64. The van der Waals surface area contributed by atoms with Gasteiger partial charge in [0.25, 0.3) is 0 Å². The van der Waals surface area contributed by atoms with Crippen molar-refractivity contribution in [2.24, 2.45) is 5.92 Å². The fraction of sp³-hybridized carbons (Fsp3) is 0.294. The number of hydrogen-bond acceptors (Lipinski definition) is 0. The van der Waals surface area contributed by atoms with Crippen molar-refractivity contribution in [3.8, 4) is 0 Å². The maximum absolute atomic E-state index is 13.6. The van der Waals surface area contributed by atoms with Crippen LogP contribution in [-0.4, -0.2) is 5.38 Å². The normalized spacial score (nSPS) is 22.6. The van der Waals surface area contributed by atoms with Gasteiger partial charge in [0.05, 0.1) is 0 Å². The Kier molecular flexibility index (Phi) is 3.75. The molecule has 104 valence electrons. The van der Waals surface area contributed by atoms with E-state index in [1.807, 2.05) is 18.2 Å². The van der Waals surface area contributed by atoms with E-state index in [0.717, 1.165) is 12.5 Å². The molecule has 0 aliphatic heterocycles. The third-order valence-corrected chi connectivity index (χ3v) is 4.46. The predicted molar refractivity (Wildman–Crippen MR) is 77.0 cm³/mol. The Morgan fingerprint density at radius 3 is 2.55 bits per heavy atom. The van der Waals surface area contributed by atoms with Gasteiger partial charge in [-0.15, -0.1) is 11.6 Å². The van der Waals surface area contributed by atoms with Gasteiger partial charge in [0, 0.05) is 5.38 Å². The van der Waals surface area contributed by atoms with E-state index in [4.69, 9.17) is 11.6 Å². The molecule has 3 heteroatoms. The first kappa shape index (κ1) is 13.6. The fourth-order valence-corrected chi connectivity index (χ4v) is 3.21. The Hall–Kier alpha value is -1.41. The van der Waals surface area contributed by atoms with Crippen molar-refractivity contribution < 1.29 is 8.78 Å². The van der Waals surface area contributed by atoms with Crippen LogP contribution in [0.2, 0.25) is 0 Å². The largest absolute Gasteiger partial charge is 0.204 e.